The normalized spacial score (nSPS) is 11.3. The molecule has 2 aromatic carbocycles. The third kappa shape index (κ3) is 5.92. The van der Waals surface area contributed by atoms with Crippen LogP contribution in [-0.4, -0.2) is 54.8 Å². The molecule has 0 fully saturated rings. The van der Waals surface area contributed by atoms with Crippen LogP contribution in [0.5, 0.6) is 5.75 Å². The number of anilines is 1. The Morgan fingerprint density at radius 1 is 1.13 bits per heavy atom. The molecule has 0 saturated carbocycles. The maximum absolute atomic E-state index is 13.3. The minimum Gasteiger partial charge on any atom is -0.494 e. The van der Waals surface area contributed by atoms with Crippen LogP contribution in [0, 0.1) is 6.92 Å². The molecule has 1 amide bonds. The van der Waals surface area contributed by atoms with E-state index in [4.69, 9.17) is 21.3 Å². The van der Waals surface area contributed by atoms with Crippen LogP contribution in [0.3, 0.4) is 0 Å². The van der Waals surface area contributed by atoms with Crippen molar-refractivity contribution in [2.75, 3.05) is 43.9 Å². The molecule has 3 aromatic rings. The zero-order chi connectivity index (χ0) is 22.4. The second-order valence-electron chi connectivity index (χ2n) is 7.10. The summed E-state index contributed by atoms with van der Waals surface area (Å²) in [5.41, 5.74) is 1.90. The maximum atomic E-state index is 13.3. The molecule has 0 spiro atoms. The van der Waals surface area contributed by atoms with Gasteiger partial charge in [0.15, 0.2) is 5.13 Å². The average molecular weight is 478 g/mol. The summed E-state index contributed by atoms with van der Waals surface area (Å²) in [5.74, 6) is 1.04. The number of nitrogens with zero attached hydrogens (tertiary/aromatic N) is 3. The molecular weight excluding hydrogens is 450 g/mol. The fraction of sp³-hybridized carbons (Fsp3) is 0.391. The number of benzene rings is 2. The molecule has 0 unspecified atom stereocenters. The van der Waals surface area contributed by atoms with E-state index in [0.29, 0.717) is 33.7 Å². The van der Waals surface area contributed by atoms with Crippen LogP contribution in [0.25, 0.3) is 10.2 Å². The van der Waals surface area contributed by atoms with Gasteiger partial charge >= 0.3 is 0 Å². The first-order valence-corrected chi connectivity index (χ1v) is 12.5. The summed E-state index contributed by atoms with van der Waals surface area (Å²) >= 11 is 9.39. The van der Waals surface area contributed by atoms with Gasteiger partial charge in [-0.1, -0.05) is 54.5 Å². The molecule has 1 heterocycles. The molecule has 0 radical (unpaired) electrons. The molecule has 0 atom stereocenters. The highest BCUT2D eigenvalue weighted by Gasteiger charge is 2.22. The Hall–Kier alpha value is -1.80. The van der Waals surface area contributed by atoms with E-state index in [1.807, 2.05) is 6.07 Å². The standard InChI is InChI=1S/C23H28ClN3O2S2/c1-5-26(6-2)13-14-27(20(28)15-30-17-9-7-16(3)8-10-17)23-25-21-19(29-4)12-11-18(24)22(21)31-23/h7-12H,5-6,13-15H2,1-4H3. The number of hydrogen-bond acceptors (Lipinski definition) is 6. The van der Waals surface area contributed by atoms with Crippen molar-refractivity contribution in [2.24, 2.45) is 0 Å². The predicted molar refractivity (Wildman–Crippen MR) is 133 cm³/mol. The summed E-state index contributed by atoms with van der Waals surface area (Å²) in [4.78, 5) is 23.2. The van der Waals surface area contributed by atoms with Crippen LogP contribution in [-0.2, 0) is 4.79 Å². The van der Waals surface area contributed by atoms with Crippen molar-refractivity contribution in [2.45, 2.75) is 25.7 Å². The van der Waals surface area contributed by atoms with Gasteiger partial charge in [-0.25, -0.2) is 4.98 Å². The Morgan fingerprint density at radius 2 is 1.84 bits per heavy atom. The number of thiazole rings is 1. The fourth-order valence-electron chi connectivity index (χ4n) is 3.19. The minimum atomic E-state index is 0.0341. The number of ether oxygens (including phenoxy) is 1. The number of thioether (sulfide) groups is 1. The van der Waals surface area contributed by atoms with E-state index in [1.165, 1.54) is 16.9 Å². The van der Waals surface area contributed by atoms with Gasteiger partial charge in [0.1, 0.15) is 11.3 Å². The lowest BCUT2D eigenvalue weighted by molar-refractivity contribution is -0.116. The van der Waals surface area contributed by atoms with Crippen LogP contribution < -0.4 is 9.64 Å². The van der Waals surface area contributed by atoms with Crippen LogP contribution >= 0.6 is 34.7 Å². The lowest BCUT2D eigenvalue weighted by atomic mass is 10.2. The zero-order valence-electron chi connectivity index (χ0n) is 18.4. The van der Waals surface area contributed by atoms with Crippen LogP contribution in [0.15, 0.2) is 41.3 Å². The van der Waals surface area contributed by atoms with E-state index >= 15 is 0 Å². The highest BCUT2D eigenvalue weighted by Crippen LogP contribution is 2.39. The summed E-state index contributed by atoms with van der Waals surface area (Å²) in [6, 6.07) is 11.8. The van der Waals surface area contributed by atoms with E-state index in [1.54, 1.807) is 29.8 Å². The molecular formula is C23H28ClN3O2S2. The zero-order valence-corrected chi connectivity index (χ0v) is 20.7. The Morgan fingerprint density at radius 3 is 2.48 bits per heavy atom. The van der Waals surface area contributed by atoms with E-state index in [0.717, 1.165) is 29.2 Å². The van der Waals surface area contributed by atoms with Crippen molar-refractivity contribution in [1.29, 1.82) is 0 Å². The summed E-state index contributed by atoms with van der Waals surface area (Å²) in [6.45, 7) is 9.56. The van der Waals surface area contributed by atoms with Crippen molar-refractivity contribution in [3.05, 3.63) is 47.0 Å². The average Bonchev–Trinajstić information content (AvgIpc) is 3.22. The highest BCUT2D eigenvalue weighted by molar-refractivity contribution is 8.00. The number of halogens is 1. The number of carbonyl (C=O) groups is 1. The highest BCUT2D eigenvalue weighted by atomic mass is 35.5. The van der Waals surface area contributed by atoms with Gasteiger partial charge in [-0.2, -0.15) is 0 Å². The van der Waals surface area contributed by atoms with Gasteiger partial charge in [-0.05, 0) is 44.3 Å². The van der Waals surface area contributed by atoms with Crippen LogP contribution in [0.1, 0.15) is 19.4 Å². The Balaban J connectivity index is 1.86. The summed E-state index contributed by atoms with van der Waals surface area (Å²) in [6.07, 6.45) is 0. The lowest BCUT2D eigenvalue weighted by Crippen LogP contribution is -2.39. The largest absolute Gasteiger partial charge is 0.494 e. The molecule has 31 heavy (non-hydrogen) atoms. The third-order valence-electron chi connectivity index (χ3n) is 5.12. The topological polar surface area (TPSA) is 45.7 Å². The maximum Gasteiger partial charge on any atom is 0.239 e. The first kappa shape index (κ1) is 23.9. The van der Waals surface area contributed by atoms with Crippen LogP contribution in [0.4, 0.5) is 5.13 Å². The quantitative estimate of drug-likeness (QED) is 0.349. The Kier molecular flexibility index (Phi) is 8.60. The molecule has 8 heteroatoms. The predicted octanol–water partition coefficient (Wildman–Crippen LogP) is 5.73. The number of rotatable bonds is 10. The Labute approximate surface area is 197 Å². The monoisotopic (exact) mass is 477 g/mol. The second-order valence-corrected chi connectivity index (χ2v) is 9.53. The van der Waals surface area contributed by atoms with Crippen molar-refractivity contribution >= 4 is 56.0 Å². The number of aryl methyl sites for hydroxylation is 1. The molecule has 0 aliphatic rings. The molecule has 0 N–H and O–H groups in total. The van der Waals surface area contributed by atoms with Crippen molar-refractivity contribution in [1.82, 2.24) is 9.88 Å². The van der Waals surface area contributed by atoms with Crippen molar-refractivity contribution in [3.63, 3.8) is 0 Å². The van der Waals surface area contributed by atoms with Gasteiger partial charge in [0.05, 0.1) is 22.6 Å². The molecule has 1 aromatic heterocycles. The number of methoxy groups -OCH3 is 1. The lowest BCUT2D eigenvalue weighted by Gasteiger charge is -2.24. The van der Waals surface area contributed by atoms with E-state index in [9.17, 15) is 4.79 Å². The third-order valence-corrected chi connectivity index (χ3v) is 7.65. The van der Waals surface area contributed by atoms with E-state index < -0.39 is 0 Å². The first-order chi connectivity index (χ1) is 15.0. The van der Waals surface area contributed by atoms with Crippen molar-refractivity contribution in [3.8, 4) is 5.75 Å². The van der Waals surface area contributed by atoms with Crippen molar-refractivity contribution < 1.29 is 9.53 Å². The van der Waals surface area contributed by atoms with E-state index in [-0.39, 0.29) is 5.91 Å². The molecule has 0 aliphatic heterocycles. The number of carbonyl (C=O) groups excluding carboxylic acids is 1. The summed E-state index contributed by atoms with van der Waals surface area (Å²) in [7, 11) is 1.61. The number of fused-ring (bicyclic) bond motifs is 1. The second kappa shape index (κ2) is 11.2. The van der Waals surface area contributed by atoms with Crippen LogP contribution in [0.2, 0.25) is 5.02 Å². The molecule has 3 rings (SSSR count). The number of amides is 1. The first-order valence-electron chi connectivity index (χ1n) is 10.3. The summed E-state index contributed by atoms with van der Waals surface area (Å²) in [5, 5.41) is 1.27. The fourth-order valence-corrected chi connectivity index (χ4v) is 5.26. The van der Waals surface area contributed by atoms with Gasteiger partial charge in [0.2, 0.25) is 5.91 Å². The molecule has 5 nitrogen and oxygen atoms in total. The minimum absolute atomic E-state index is 0.0341. The molecule has 0 aliphatic carbocycles. The SMILES string of the molecule is CCN(CC)CCN(C(=O)CSc1ccc(C)cc1)c1nc2c(OC)ccc(Cl)c2s1. The van der Waals surface area contributed by atoms with Gasteiger partial charge < -0.3 is 9.64 Å². The van der Waals surface area contributed by atoms with E-state index in [2.05, 4.69) is 49.9 Å². The smallest absolute Gasteiger partial charge is 0.239 e. The van der Waals surface area contributed by atoms with Gasteiger partial charge in [-0.3, -0.25) is 9.69 Å². The van der Waals surface area contributed by atoms with Gasteiger partial charge in [-0.15, -0.1) is 11.8 Å². The van der Waals surface area contributed by atoms with Gasteiger partial charge in [0, 0.05) is 18.0 Å². The summed E-state index contributed by atoms with van der Waals surface area (Å²) < 4.78 is 6.29. The molecule has 166 valence electrons. The number of likely N-dealkylation sites (N-methyl/N-ethyl adjacent to an activating group) is 1. The van der Waals surface area contributed by atoms with Gasteiger partial charge in [0.25, 0.3) is 0 Å². The molecule has 0 saturated heterocycles. The molecule has 0 bridgehead atoms. The number of aromatic nitrogens is 1. The Bertz CT molecular complexity index is 1020. The number of hydrogen-bond donors (Lipinski definition) is 0.